The molecule has 3 nitrogen and oxygen atoms in total. The highest BCUT2D eigenvalue weighted by Crippen LogP contribution is 2.20. The highest BCUT2D eigenvalue weighted by molar-refractivity contribution is 5.98. The number of carbonyl (C=O) groups excluding carboxylic acids is 1. The van der Waals surface area contributed by atoms with Crippen molar-refractivity contribution in [3.05, 3.63) is 29.8 Å². The van der Waals surface area contributed by atoms with Crippen LogP contribution in [-0.4, -0.2) is 23.7 Å². The smallest absolute Gasteiger partial charge is 0.258 e. The Hall–Kier alpha value is -1.35. The maximum atomic E-state index is 11.8. The lowest BCUT2D eigenvalue weighted by atomic mass is 10.1. The number of anilines is 1. The van der Waals surface area contributed by atoms with Crippen LogP contribution in [0.4, 0.5) is 5.69 Å². The third kappa shape index (κ3) is 2.57. The van der Waals surface area contributed by atoms with E-state index in [0.717, 1.165) is 11.3 Å². The van der Waals surface area contributed by atoms with Crippen molar-refractivity contribution in [2.75, 3.05) is 11.9 Å². The Labute approximate surface area is 90.3 Å². The van der Waals surface area contributed by atoms with Crippen LogP contribution in [0.5, 0.6) is 0 Å². The van der Waals surface area contributed by atoms with Gasteiger partial charge in [0.25, 0.3) is 5.91 Å². The van der Waals surface area contributed by atoms with Gasteiger partial charge in [-0.25, -0.2) is 0 Å². The van der Waals surface area contributed by atoms with Crippen molar-refractivity contribution in [1.29, 1.82) is 0 Å². The summed E-state index contributed by atoms with van der Waals surface area (Å²) < 4.78 is 0. The lowest BCUT2D eigenvalue weighted by molar-refractivity contribution is -0.133. The second-order valence-electron chi connectivity index (χ2n) is 4.21. The number of carbonyl (C=O) groups is 1. The van der Waals surface area contributed by atoms with E-state index >= 15 is 0 Å². The molecular formula is C12H17NO2. The molecule has 0 bridgehead atoms. The van der Waals surface area contributed by atoms with Crippen LogP contribution in [0.15, 0.2) is 24.3 Å². The molecule has 0 saturated heterocycles. The molecule has 1 rings (SSSR count). The monoisotopic (exact) mass is 207 g/mol. The summed E-state index contributed by atoms with van der Waals surface area (Å²) in [5.74, 6) is -0.309. The maximum absolute atomic E-state index is 11.8. The van der Waals surface area contributed by atoms with Crippen molar-refractivity contribution in [3.8, 4) is 0 Å². The predicted octanol–water partition coefficient (Wildman–Crippen LogP) is 1.73. The molecule has 1 amide bonds. The summed E-state index contributed by atoms with van der Waals surface area (Å²) in [5.41, 5.74) is 0.499. The van der Waals surface area contributed by atoms with Gasteiger partial charge in [-0.1, -0.05) is 18.2 Å². The molecule has 0 unspecified atom stereocenters. The second-order valence-corrected chi connectivity index (χ2v) is 4.21. The first-order valence-electron chi connectivity index (χ1n) is 4.90. The summed E-state index contributed by atoms with van der Waals surface area (Å²) in [4.78, 5) is 13.3. The summed E-state index contributed by atoms with van der Waals surface area (Å²) in [5, 5.41) is 9.62. The first-order valence-corrected chi connectivity index (χ1v) is 4.90. The average molecular weight is 207 g/mol. The summed E-state index contributed by atoms with van der Waals surface area (Å²) in [6, 6.07) is 7.58. The lowest BCUT2D eigenvalue weighted by Crippen LogP contribution is -2.43. The molecule has 0 atom stereocenters. The van der Waals surface area contributed by atoms with E-state index in [2.05, 4.69) is 0 Å². The van der Waals surface area contributed by atoms with Crippen LogP contribution in [0, 0.1) is 6.92 Å². The first kappa shape index (κ1) is 11.7. The van der Waals surface area contributed by atoms with E-state index in [0.29, 0.717) is 0 Å². The highest BCUT2D eigenvalue weighted by atomic mass is 16.3. The number of aliphatic hydroxyl groups is 1. The minimum absolute atomic E-state index is 0.309. The largest absolute Gasteiger partial charge is 0.381 e. The Kier molecular flexibility index (Phi) is 3.15. The van der Waals surface area contributed by atoms with Gasteiger partial charge < -0.3 is 10.0 Å². The van der Waals surface area contributed by atoms with Crippen LogP contribution in [0.2, 0.25) is 0 Å². The van der Waals surface area contributed by atoms with Gasteiger partial charge in [0.05, 0.1) is 0 Å². The fourth-order valence-electron chi connectivity index (χ4n) is 1.46. The minimum Gasteiger partial charge on any atom is -0.381 e. The second kappa shape index (κ2) is 4.03. The van der Waals surface area contributed by atoms with Gasteiger partial charge in [0.2, 0.25) is 0 Å². The molecule has 0 aliphatic heterocycles. The number of hydrogen-bond acceptors (Lipinski definition) is 2. The van der Waals surface area contributed by atoms with Gasteiger partial charge in [-0.15, -0.1) is 0 Å². The van der Waals surface area contributed by atoms with Crippen molar-refractivity contribution < 1.29 is 9.90 Å². The van der Waals surface area contributed by atoms with Crippen molar-refractivity contribution in [3.63, 3.8) is 0 Å². The van der Waals surface area contributed by atoms with Crippen LogP contribution >= 0.6 is 0 Å². The minimum atomic E-state index is -1.34. The molecule has 0 aromatic heterocycles. The van der Waals surface area contributed by atoms with E-state index < -0.39 is 5.60 Å². The number of nitrogens with zero attached hydrogens (tertiary/aromatic N) is 1. The van der Waals surface area contributed by atoms with Gasteiger partial charge in [-0.3, -0.25) is 4.79 Å². The Bertz CT molecular complexity index is 366. The Morgan fingerprint density at radius 1 is 1.33 bits per heavy atom. The Balaban J connectivity index is 3.01. The molecule has 0 radical (unpaired) electrons. The first-order chi connectivity index (χ1) is 6.84. The van der Waals surface area contributed by atoms with E-state index in [-0.39, 0.29) is 5.91 Å². The number of aryl methyl sites for hydroxylation is 1. The molecule has 0 heterocycles. The van der Waals surface area contributed by atoms with Crippen LogP contribution in [-0.2, 0) is 4.79 Å². The molecule has 82 valence electrons. The van der Waals surface area contributed by atoms with Crippen molar-refractivity contribution in [1.82, 2.24) is 0 Å². The molecule has 0 fully saturated rings. The molecule has 0 aliphatic carbocycles. The zero-order valence-electron chi connectivity index (χ0n) is 9.61. The topological polar surface area (TPSA) is 40.5 Å². The summed E-state index contributed by atoms with van der Waals surface area (Å²) >= 11 is 0. The molecule has 0 spiro atoms. The van der Waals surface area contributed by atoms with Gasteiger partial charge in [0, 0.05) is 12.7 Å². The number of rotatable bonds is 2. The molecule has 0 saturated carbocycles. The number of amides is 1. The van der Waals surface area contributed by atoms with E-state index in [1.165, 1.54) is 18.7 Å². The van der Waals surface area contributed by atoms with E-state index in [9.17, 15) is 9.90 Å². The van der Waals surface area contributed by atoms with Crippen molar-refractivity contribution in [2.24, 2.45) is 0 Å². The van der Waals surface area contributed by atoms with Crippen LogP contribution in [0.1, 0.15) is 19.4 Å². The summed E-state index contributed by atoms with van der Waals surface area (Å²) in [6.07, 6.45) is 0. The SMILES string of the molecule is Cc1ccccc1N(C)C(=O)C(C)(C)O. The summed E-state index contributed by atoms with van der Waals surface area (Å²) in [7, 11) is 1.67. The summed E-state index contributed by atoms with van der Waals surface area (Å²) in [6.45, 7) is 4.91. The van der Waals surface area contributed by atoms with Crippen LogP contribution in [0.3, 0.4) is 0 Å². The molecule has 15 heavy (non-hydrogen) atoms. The van der Waals surface area contributed by atoms with Crippen LogP contribution < -0.4 is 4.90 Å². The lowest BCUT2D eigenvalue weighted by Gasteiger charge is -2.26. The molecule has 1 aromatic carbocycles. The highest BCUT2D eigenvalue weighted by Gasteiger charge is 2.28. The molecule has 0 aliphatic rings. The van der Waals surface area contributed by atoms with E-state index in [1.807, 2.05) is 31.2 Å². The average Bonchev–Trinajstić information content (AvgIpc) is 2.15. The van der Waals surface area contributed by atoms with Crippen molar-refractivity contribution >= 4 is 11.6 Å². The zero-order chi connectivity index (χ0) is 11.6. The van der Waals surface area contributed by atoms with Gasteiger partial charge in [0.15, 0.2) is 0 Å². The number of hydrogen-bond donors (Lipinski definition) is 1. The van der Waals surface area contributed by atoms with Gasteiger partial charge in [-0.05, 0) is 32.4 Å². The molecule has 1 aromatic rings. The van der Waals surface area contributed by atoms with Crippen LogP contribution in [0.25, 0.3) is 0 Å². The van der Waals surface area contributed by atoms with Gasteiger partial charge >= 0.3 is 0 Å². The maximum Gasteiger partial charge on any atom is 0.258 e. The number of likely N-dealkylation sites (N-methyl/N-ethyl adjacent to an activating group) is 1. The number of para-hydroxylation sites is 1. The zero-order valence-corrected chi connectivity index (χ0v) is 9.61. The Morgan fingerprint density at radius 2 is 1.87 bits per heavy atom. The van der Waals surface area contributed by atoms with Gasteiger partial charge in [-0.2, -0.15) is 0 Å². The number of benzene rings is 1. The van der Waals surface area contributed by atoms with Gasteiger partial charge in [0.1, 0.15) is 5.60 Å². The van der Waals surface area contributed by atoms with E-state index in [1.54, 1.807) is 7.05 Å². The third-order valence-electron chi connectivity index (χ3n) is 2.30. The quantitative estimate of drug-likeness (QED) is 0.802. The van der Waals surface area contributed by atoms with E-state index in [4.69, 9.17) is 0 Å². The third-order valence-corrected chi connectivity index (χ3v) is 2.30. The normalized spacial score (nSPS) is 11.3. The molecule has 3 heteroatoms. The molecular weight excluding hydrogens is 190 g/mol. The van der Waals surface area contributed by atoms with Crippen molar-refractivity contribution in [2.45, 2.75) is 26.4 Å². The fraction of sp³-hybridized carbons (Fsp3) is 0.417. The Morgan fingerprint density at radius 3 is 2.33 bits per heavy atom. The molecule has 1 N–H and O–H groups in total. The standard InChI is InChI=1S/C12H17NO2/c1-9-7-5-6-8-10(9)13(4)11(14)12(2,3)15/h5-8,15H,1-4H3. The fourth-order valence-corrected chi connectivity index (χ4v) is 1.46. The predicted molar refractivity (Wildman–Crippen MR) is 60.9 cm³/mol.